The monoisotopic (exact) mass is 325 g/mol. The second kappa shape index (κ2) is 9.21. The standard InChI is InChI=1S/C20H27N3O/c1-3-23(4-2)19(17-13-9-6-10-14-17)20(24)22-15-18(21)16-11-7-5-8-12-16/h5-14,18-19H,3-4,15,21H2,1-2H3,(H,22,24). The Balaban J connectivity index is 2.08. The quantitative estimate of drug-likeness (QED) is 0.784. The number of hydrogen-bond donors (Lipinski definition) is 2. The number of nitrogens with zero attached hydrogens (tertiary/aromatic N) is 1. The van der Waals surface area contributed by atoms with Gasteiger partial charge in [-0.05, 0) is 24.2 Å². The molecule has 3 N–H and O–H groups in total. The van der Waals surface area contributed by atoms with Gasteiger partial charge >= 0.3 is 0 Å². The van der Waals surface area contributed by atoms with Gasteiger partial charge in [-0.25, -0.2) is 0 Å². The van der Waals surface area contributed by atoms with Crippen LogP contribution in [-0.2, 0) is 4.79 Å². The van der Waals surface area contributed by atoms with Crippen LogP contribution < -0.4 is 11.1 Å². The molecule has 2 atom stereocenters. The van der Waals surface area contributed by atoms with E-state index in [1.54, 1.807) is 0 Å². The highest BCUT2D eigenvalue weighted by Gasteiger charge is 2.25. The van der Waals surface area contributed by atoms with Gasteiger partial charge in [0.15, 0.2) is 0 Å². The van der Waals surface area contributed by atoms with Gasteiger partial charge in [0.2, 0.25) is 5.91 Å². The maximum Gasteiger partial charge on any atom is 0.242 e. The third-order valence-corrected chi connectivity index (χ3v) is 4.27. The fourth-order valence-corrected chi connectivity index (χ4v) is 2.88. The van der Waals surface area contributed by atoms with E-state index in [0.29, 0.717) is 6.54 Å². The topological polar surface area (TPSA) is 58.4 Å². The van der Waals surface area contributed by atoms with Gasteiger partial charge in [-0.3, -0.25) is 9.69 Å². The van der Waals surface area contributed by atoms with Gasteiger partial charge in [-0.1, -0.05) is 74.5 Å². The van der Waals surface area contributed by atoms with E-state index in [9.17, 15) is 4.79 Å². The molecule has 0 radical (unpaired) electrons. The summed E-state index contributed by atoms with van der Waals surface area (Å²) in [5, 5.41) is 3.02. The summed E-state index contributed by atoms with van der Waals surface area (Å²) in [6.07, 6.45) is 0. The summed E-state index contributed by atoms with van der Waals surface area (Å²) >= 11 is 0. The number of likely N-dealkylation sites (N-methyl/N-ethyl adjacent to an activating group) is 1. The first-order chi connectivity index (χ1) is 11.7. The van der Waals surface area contributed by atoms with Crippen molar-refractivity contribution in [2.75, 3.05) is 19.6 Å². The van der Waals surface area contributed by atoms with Crippen molar-refractivity contribution < 1.29 is 4.79 Å². The van der Waals surface area contributed by atoms with Gasteiger partial charge < -0.3 is 11.1 Å². The summed E-state index contributed by atoms with van der Waals surface area (Å²) in [5.74, 6) is -0.00344. The zero-order chi connectivity index (χ0) is 17.4. The third kappa shape index (κ3) is 4.66. The number of carbonyl (C=O) groups is 1. The molecule has 0 heterocycles. The zero-order valence-electron chi connectivity index (χ0n) is 14.5. The Bertz CT molecular complexity index is 611. The number of carbonyl (C=O) groups excluding carboxylic acids is 1. The van der Waals surface area contributed by atoms with E-state index in [4.69, 9.17) is 5.73 Å². The minimum atomic E-state index is -0.288. The summed E-state index contributed by atoms with van der Waals surface area (Å²) in [4.78, 5) is 15.0. The van der Waals surface area contributed by atoms with Crippen molar-refractivity contribution in [3.63, 3.8) is 0 Å². The molecule has 0 aliphatic carbocycles. The summed E-state index contributed by atoms with van der Waals surface area (Å²) in [6.45, 7) is 6.20. The Kier molecular flexibility index (Phi) is 6.97. The van der Waals surface area contributed by atoms with E-state index in [-0.39, 0.29) is 18.0 Å². The molecule has 2 aromatic rings. The molecule has 0 aliphatic heterocycles. The SMILES string of the molecule is CCN(CC)C(C(=O)NCC(N)c1ccccc1)c1ccccc1. The third-order valence-electron chi connectivity index (χ3n) is 4.27. The molecule has 0 fully saturated rings. The number of nitrogens with two attached hydrogens (primary N) is 1. The second-order valence-corrected chi connectivity index (χ2v) is 5.80. The largest absolute Gasteiger partial charge is 0.353 e. The highest BCUT2D eigenvalue weighted by Crippen LogP contribution is 2.21. The Morgan fingerprint density at radius 1 is 0.958 bits per heavy atom. The number of nitrogens with one attached hydrogen (secondary N) is 1. The molecule has 0 saturated carbocycles. The molecule has 24 heavy (non-hydrogen) atoms. The highest BCUT2D eigenvalue weighted by molar-refractivity contribution is 5.83. The molecule has 0 saturated heterocycles. The molecule has 0 aliphatic rings. The van der Waals surface area contributed by atoms with E-state index < -0.39 is 0 Å². The predicted molar refractivity (Wildman–Crippen MR) is 98.5 cm³/mol. The number of rotatable bonds is 8. The molecule has 128 valence electrons. The van der Waals surface area contributed by atoms with Crippen molar-refractivity contribution in [1.29, 1.82) is 0 Å². The van der Waals surface area contributed by atoms with E-state index in [1.807, 2.05) is 60.7 Å². The zero-order valence-corrected chi connectivity index (χ0v) is 14.5. The van der Waals surface area contributed by atoms with E-state index in [0.717, 1.165) is 24.2 Å². The molecule has 4 nitrogen and oxygen atoms in total. The Hall–Kier alpha value is -2.17. The Morgan fingerprint density at radius 3 is 1.96 bits per heavy atom. The Morgan fingerprint density at radius 2 is 1.46 bits per heavy atom. The lowest BCUT2D eigenvalue weighted by Gasteiger charge is -2.29. The number of amides is 1. The number of benzene rings is 2. The van der Waals surface area contributed by atoms with Crippen LogP contribution in [0.2, 0.25) is 0 Å². The molecule has 4 heteroatoms. The average molecular weight is 325 g/mol. The molecule has 0 bridgehead atoms. The smallest absolute Gasteiger partial charge is 0.242 e. The van der Waals surface area contributed by atoms with Crippen LogP contribution in [-0.4, -0.2) is 30.4 Å². The molecular weight excluding hydrogens is 298 g/mol. The lowest BCUT2D eigenvalue weighted by Crippen LogP contribution is -2.42. The maximum absolute atomic E-state index is 12.8. The van der Waals surface area contributed by atoms with Gasteiger partial charge in [0.25, 0.3) is 0 Å². The summed E-state index contributed by atoms with van der Waals surface area (Å²) in [7, 11) is 0. The van der Waals surface area contributed by atoms with Crippen molar-refractivity contribution in [2.45, 2.75) is 25.9 Å². The van der Waals surface area contributed by atoms with E-state index in [2.05, 4.69) is 24.1 Å². The molecule has 0 aromatic heterocycles. The van der Waals surface area contributed by atoms with Crippen molar-refractivity contribution in [2.24, 2.45) is 5.73 Å². The first kappa shape index (κ1) is 18.2. The van der Waals surface area contributed by atoms with Crippen molar-refractivity contribution in [1.82, 2.24) is 10.2 Å². The van der Waals surface area contributed by atoms with Crippen molar-refractivity contribution >= 4 is 5.91 Å². The highest BCUT2D eigenvalue weighted by atomic mass is 16.2. The molecule has 2 aromatic carbocycles. The molecule has 1 amide bonds. The van der Waals surface area contributed by atoms with Crippen LogP contribution in [0.3, 0.4) is 0 Å². The Labute approximate surface area is 144 Å². The lowest BCUT2D eigenvalue weighted by molar-refractivity contribution is -0.126. The van der Waals surface area contributed by atoms with Gasteiger partial charge in [-0.2, -0.15) is 0 Å². The van der Waals surface area contributed by atoms with Crippen LogP contribution in [0.1, 0.15) is 37.1 Å². The van der Waals surface area contributed by atoms with Gasteiger partial charge in [-0.15, -0.1) is 0 Å². The first-order valence-electron chi connectivity index (χ1n) is 8.54. The van der Waals surface area contributed by atoms with E-state index in [1.165, 1.54) is 0 Å². The van der Waals surface area contributed by atoms with Crippen molar-refractivity contribution in [3.8, 4) is 0 Å². The fraction of sp³-hybridized carbons (Fsp3) is 0.350. The molecular formula is C20H27N3O. The van der Waals surface area contributed by atoms with Gasteiger partial charge in [0, 0.05) is 12.6 Å². The minimum absolute atomic E-state index is 0.00344. The van der Waals surface area contributed by atoms with Crippen LogP contribution >= 0.6 is 0 Å². The molecule has 2 unspecified atom stereocenters. The first-order valence-corrected chi connectivity index (χ1v) is 8.54. The van der Waals surface area contributed by atoms with Crippen molar-refractivity contribution in [3.05, 3.63) is 71.8 Å². The second-order valence-electron chi connectivity index (χ2n) is 5.80. The molecule has 2 rings (SSSR count). The fourth-order valence-electron chi connectivity index (χ4n) is 2.88. The van der Waals surface area contributed by atoms with Crippen LogP contribution in [0.5, 0.6) is 0 Å². The minimum Gasteiger partial charge on any atom is -0.353 e. The number of hydrogen-bond acceptors (Lipinski definition) is 3. The summed E-state index contributed by atoms with van der Waals surface area (Å²) < 4.78 is 0. The average Bonchev–Trinajstić information content (AvgIpc) is 2.65. The summed E-state index contributed by atoms with van der Waals surface area (Å²) in [5.41, 5.74) is 8.23. The summed E-state index contributed by atoms with van der Waals surface area (Å²) in [6, 6.07) is 19.2. The maximum atomic E-state index is 12.8. The van der Waals surface area contributed by atoms with Gasteiger partial charge in [0.1, 0.15) is 6.04 Å². The normalized spacial score (nSPS) is 13.5. The van der Waals surface area contributed by atoms with Crippen LogP contribution in [0.15, 0.2) is 60.7 Å². The lowest BCUT2D eigenvalue weighted by atomic mass is 10.0. The van der Waals surface area contributed by atoms with Crippen LogP contribution in [0.25, 0.3) is 0 Å². The molecule has 0 spiro atoms. The van der Waals surface area contributed by atoms with E-state index >= 15 is 0 Å². The van der Waals surface area contributed by atoms with Crippen LogP contribution in [0.4, 0.5) is 0 Å². The predicted octanol–water partition coefficient (Wildman–Crippen LogP) is 2.89. The van der Waals surface area contributed by atoms with Gasteiger partial charge in [0.05, 0.1) is 0 Å². The van der Waals surface area contributed by atoms with Crippen LogP contribution in [0, 0.1) is 0 Å².